The van der Waals surface area contributed by atoms with E-state index in [-0.39, 0.29) is 6.61 Å². The van der Waals surface area contributed by atoms with Crippen LogP contribution in [0.3, 0.4) is 0 Å². The molecule has 3 heteroatoms. The van der Waals surface area contributed by atoms with Crippen LogP contribution < -0.4 is 0 Å². The number of carbonyl (C=O) groups is 2. The molecule has 0 heterocycles. The molecule has 0 aliphatic rings. The maximum absolute atomic E-state index is 11.0. The van der Waals surface area contributed by atoms with Crippen molar-refractivity contribution in [2.75, 3.05) is 6.61 Å². The lowest BCUT2D eigenvalue weighted by Gasteiger charge is -1.89. The molecule has 0 radical (unpaired) electrons. The second-order valence-electron chi connectivity index (χ2n) is 2.70. The van der Waals surface area contributed by atoms with Crippen LogP contribution in [-0.4, -0.2) is 18.4 Å². The Morgan fingerprint density at radius 2 is 1.87 bits per heavy atom. The van der Waals surface area contributed by atoms with Crippen LogP contribution in [0, 0.1) is 23.7 Å². The zero-order valence-corrected chi connectivity index (χ0v) is 9.05. The topological polar surface area (TPSA) is 43.4 Å². The summed E-state index contributed by atoms with van der Waals surface area (Å²) < 4.78 is 4.52. The zero-order valence-electron chi connectivity index (χ0n) is 9.05. The molecule has 0 atom stereocenters. The highest BCUT2D eigenvalue weighted by atomic mass is 16.5. The first-order chi connectivity index (χ1) is 7.20. The van der Waals surface area contributed by atoms with Crippen molar-refractivity contribution in [2.24, 2.45) is 0 Å². The highest BCUT2D eigenvalue weighted by Gasteiger charge is 1.94. The molecule has 0 bridgehead atoms. The Bertz CT molecular complexity index is 333. The van der Waals surface area contributed by atoms with Crippen LogP contribution >= 0.6 is 0 Å². The molecule has 0 aromatic carbocycles. The summed E-state index contributed by atoms with van der Waals surface area (Å²) >= 11 is 0. The van der Waals surface area contributed by atoms with E-state index >= 15 is 0 Å². The van der Waals surface area contributed by atoms with Crippen molar-refractivity contribution in [1.29, 1.82) is 0 Å². The van der Waals surface area contributed by atoms with Gasteiger partial charge in [0.1, 0.15) is 0 Å². The molecule has 0 aromatic rings. The van der Waals surface area contributed by atoms with Gasteiger partial charge in [0.05, 0.1) is 6.61 Å². The van der Waals surface area contributed by atoms with E-state index < -0.39 is 11.8 Å². The van der Waals surface area contributed by atoms with E-state index in [1.165, 1.54) is 0 Å². The fourth-order valence-corrected chi connectivity index (χ4v) is 0.714. The summed E-state index contributed by atoms with van der Waals surface area (Å²) in [5, 5.41) is 0. The van der Waals surface area contributed by atoms with E-state index in [4.69, 9.17) is 0 Å². The third-order valence-corrected chi connectivity index (χ3v) is 1.41. The fourth-order valence-electron chi connectivity index (χ4n) is 0.714. The predicted octanol–water partition coefficient (Wildman–Crippen LogP) is 1.32. The maximum Gasteiger partial charge on any atom is 0.384 e. The second-order valence-corrected chi connectivity index (χ2v) is 2.70. The molecule has 0 aliphatic carbocycles. The van der Waals surface area contributed by atoms with E-state index in [0.717, 1.165) is 12.8 Å². The Labute approximate surface area is 90.2 Å². The number of ketones is 1. The Hall–Kier alpha value is -1.74. The molecule has 0 spiro atoms. The predicted molar refractivity (Wildman–Crippen MR) is 56.7 cm³/mol. The summed E-state index contributed by atoms with van der Waals surface area (Å²) in [7, 11) is 0. The van der Waals surface area contributed by atoms with Crippen molar-refractivity contribution in [1.82, 2.24) is 0 Å². The number of esters is 1. The van der Waals surface area contributed by atoms with Gasteiger partial charge in [-0.1, -0.05) is 19.3 Å². The number of unbranched alkanes of at least 4 members (excludes halogenated alkanes) is 2. The lowest BCUT2D eigenvalue weighted by atomic mass is 10.2. The van der Waals surface area contributed by atoms with E-state index in [0.29, 0.717) is 6.42 Å². The van der Waals surface area contributed by atoms with Crippen LogP contribution in [0.1, 0.15) is 33.1 Å². The molecule has 0 saturated heterocycles. The van der Waals surface area contributed by atoms with Crippen molar-refractivity contribution in [3.05, 3.63) is 0 Å². The van der Waals surface area contributed by atoms with Crippen molar-refractivity contribution >= 4 is 11.8 Å². The molecule has 0 aliphatic heterocycles. The van der Waals surface area contributed by atoms with Gasteiger partial charge in [-0.05, 0) is 25.2 Å². The molecule has 0 fully saturated rings. The van der Waals surface area contributed by atoms with Gasteiger partial charge >= 0.3 is 5.97 Å². The summed E-state index contributed by atoms with van der Waals surface area (Å²) in [4.78, 5) is 21.7. The van der Waals surface area contributed by atoms with Gasteiger partial charge in [0, 0.05) is 12.3 Å². The minimum Gasteiger partial charge on any atom is -0.456 e. The van der Waals surface area contributed by atoms with Gasteiger partial charge in [0.25, 0.3) is 5.78 Å². The molecular formula is C12H14O3. The lowest BCUT2D eigenvalue weighted by Crippen LogP contribution is -2.00. The van der Waals surface area contributed by atoms with Crippen molar-refractivity contribution in [3.8, 4) is 23.7 Å². The minimum atomic E-state index is -0.693. The second kappa shape index (κ2) is 8.84. The zero-order chi connectivity index (χ0) is 11.5. The average Bonchev–Trinajstić information content (AvgIpc) is 2.22. The number of carbonyl (C=O) groups excluding carboxylic acids is 2. The molecule has 3 nitrogen and oxygen atoms in total. The van der Waals surface area contributed by atoms with Crippen molar-refractivity contribution in [3.63, 3.8) is 0 Å². The number of Topliss-reactive ketones (excluding diaryl/α,β-unsaturated/α-hetero) is 1. The Kier molecular flexibility index (Phi) is 7.82. The van der Waals surface area contributed by atoms with Gasteiger partial charge in [-0.15, -0.1) is 0 Å². The smallest absolute Gasteiger partial charge is 0.384 e. The van der Waals surface area contributed by atoms with Crippen LogP contribution in [0.25, 0.3) is 0 Å². The quantitative estimate of drug-likeness (QED) is 0.230. The summed E-state index contributed by atoms with van der Waals surface area (Å²) in [5.41, 5.74) is 0. The largest absolute Gasteiger partial charge is 0.456 e. The third-order valence-electron chi connectivity index (χ3n) is 1.41. The van der Waals surface area contributed by atoms with Gasteiger partial charge in [0.2, 0.25) is 0 Å². The van der Waals surface area contributed by atoms with Gasteiger partial charge in [-0.25, -0.2) is 4.79 Å². The Morgan fingerprint density at radius 3 is 2.47 bits per heavy atom. The minimum absolute atomic E-state index is 0.254. The molecule has 0 aromatic heterocycles. The molecule has 80 valence electrons. The lowest BCUT2D eigenvalue weighted by molar-refractivity contribution is -0.136. The van der Waals surface area contributed by atoms with E-state index in [2.05, 4.69) is 28.4 Å². The van der Waals surface area contributed by atoms with Crippen molar-refractivity contribution < 1.29 is 14.3 Å². The van der Waals surface area contributed by atoms with Crippen LogP contribution in [0.15, 0.2) is 0 Å². The summed E-state index contributed by atoms with van der Waals surface area (Å²) in [6.45, 7) is 3.97. The molecule has 0 rings (SSSR count). The van der Waals surface area contributed by atoms with E-state index in [9.17, 15) is 9.59 Å². The van der Waals surface area contributed by atoms with Crippen LogP contribution in [0.4, 0.5) is 0 Å². The van der Waals surface area contributed by atoms with E-state index in [1.54, 1.807) is 6.92 Å². The SMILES string of the molecule is CCCCC#CC(=O)C#CC(=O)OCC. The Morgan fingerprint density at radius 1 is 1.13 bits per heavy atom. The fraction of sp³-hybridized carbons (Fsp3) is 0.500. The average molecular weight is 206 g/mol. The maximum atomic E-state index is 11.0. The Balaban J connectivity index is 4.00. The van der Waals surface area contributed by atoms with Gasteiger partial charge in [0.15, 0.2) is 0 Å². The first-order valence-corrected chi connectivity index (χ1v) is 4.92. The summed E-state index contributed by atoms with van der Waals surface area (Å²) in [6.07, 6.45) is 2.69. The normalized spacial score (nSPS) is 7.87. The van der Waals surface area contributed by atoms with E-state index in [1.807, 2.05) is 6.92 Å². The summed E-state index contributed by atoms with van der Waals surface area (Å²) in [6, 6.07) is 0. The van der Waals surface area contributed by atoms with Gasteiger partial charge in [-0.2, -0.15) is 0 Å². The monoisotopic (exact) mass is 206 g/mol. The first kappa shape index (κ1) is 13.3. The van der Waals surface area contributed by atoms with Crippen LogP contribution in [-0.2, 0) is 14.3 Å². The first-order valence-electron chi connectivity index (χ1n) is 4.92. The van der Waals surface area contributed by atoms with Crippen LogP contribution in [0.2, 0.25) is 0 Å². The molecule has 0 unspecified atom stereocenters. The van der Waals surface area contributed by atoms with Gasteiger partial charge in [-0.3, -0.25) is 4.79 Å². The van der Waals surface area contributed by atoms with Crippen LogP contribution in [0.5, 0.6) is 0 Å². The van der Waals surface area contributed by atoms with Gasteiger partial charge < -0.3 is 4.74 Å². The molecular weight excluding hydrogens is 192 g/mol. The standard InChI is InChI=1S/C12H14O3/c1-3-5-6-7-8-11(13)9-10-12(14)15-4-2/h3-6H2,1-2H3. The number of ether oxygens (including phenoxy) is 1. The molecule has 0 amide bonds. The highest BCUT2D eigenvalue weighted by molar-refractivity contribution is 6.11. The third kappa shape index (κ3) is 8.59. The molecule has 15 heavy (non-hydrogen) atoms. The number of hydrogen-bond donors (Lipinski definition) is 0. The molecule has 0 saturated carbocycles. The molecule has 0 N–H and O–H groups in total. The number of hydrogen-bond acceptors (Lipinski definition) is 3. The highest BCUT2D eigenvalue weighted by Crippen LogP contribution is 1.90. The number of rotatable bonds is 3. The van der Waals surface area contributed by atoms with Crippen molar-refractivity contribution in [2.45, 2.75) is 33.1 Å². The summed E-state index contributed by atoms with van der Waals surface area (Å²) in [5.74, 6) is 7.96.